The molecule has 1 aromatic carbocycles. The van der Waals surface area contributed by atoms with E-state index in [4.69, 9.17) is 9.15 Å². The molecule has 94 valence electrons. The zero-order chi connectivity index (χ0) is 13.1. The number of furan rings is 1. The van der Waals surface area contributed by atoms with Crippen molar-refractivity contribution in [2.75, 3.05) is 6.61 Å². The average molecular weight is 309 g/mol. The monoisotopic (exact) mass is 308 g/mol. The first-order chi connectivity index (χ1) is 8.61. The third kappa shape index (κ3) is 2.64. The van der Waals surface area contributed by atoms with E-state index in [0.717, 1.165) is 11.5 Å². The van der Waals surface area contributed by atoms with Gasteiger partial charge < -0.3 is 9.15 Å². The lowest BCUT2D eigenvalue weighted by atomic mass is 10.1. The van der Waals surface area contributed by atoms with Crippen molar-refractivity contribution in [1.82, 2.24) is 0 Å². The minimum Gasteiger partial charge on any atom is -0.494 e. The average Bonchev–Trinajstić information content (AvgIpc) is 2.76. The van der Waals surface area contributed by atoms with E-state index in [1.165, 1.54) is 0 Å². The van der Waals surface area contributed by atoms with Crippen LogP contribution in [0.25, 0.3) is 0 Å². The summed E-state index contributed by atoms with van der Waals surface area (Å²) < 4.78 is 11.4. The maximum atomic E-state index is 12.2. The first kappa shape index (κ1) is 12.9. The van der Waals surface area contributed by atoms with E-state index in [1.54, 1.807) is 30.3 Å². The Balaban J connectivity index is 2.31. The summed E-state index contributed by atoms with van der Waals surface area (Å²) in [5, 5.41) is 0. The summed E-state index contributed by atoms with van der Waals surface area (Å²) in [4.78, 5) is 12.2. The topological polar surface area (TPSA) is 39.4 Å². The van der Waals surface area contributed by atoms with Crippen LogP contribution in [0.5, 0.6) is 5.75 Å². The molecule has 2 rings (SSSR count). The van der Waals surface area contributed by atoms with E-state index >= 15 is 0 Å². The van der Waals surface area contributed by atoms with Gasteiger partial charge in [0.25, 0.3) is 0 Å². The third-order valence-electron chi connectivity index (χ3n) is 2.46. The van der Waals surface area contributed by atoms with Crippen molar-refractivity contribution in [2.45, 2.75) is 13.8 Å². The summed E-state index contributed by atoms with van der Waals surface area (Å²) in [6.45, 7) is 4.32. The summed E-state index contributed by atoms with van der Waals surface area (Å²) in [6.07, 6.45) is 0. The Morgan fingerprint density at radius 1 is 1.33 bits per heavy atom. The van der Waals surface area contributed by atoms with Gasteiger partial charge in [-0.1, -0.05) is 0 Å². The molecular weight excluding hydrogens is 296 g/mol. The SMILES string of the molecule is CCOc1ccc(C(=O)c2ccc(C)o2)c(Br)c1. The second-order valence-electron chi connectivity index (χ2n) is 3.81. The molecule has 3 nitrogen and oxygen atoms in total. The number of hydrogen-bond acceptors (Lipinski definition) is 3. The van der Waals surface area contributed by atoms with Crippen LogP contribution >= 0.6 is 15.9 Å². The molecule has 0 aliphatic heterocycles. The van der Waals surface area contributed by atoms with Crippen LogP contribution in [0.3, 0.4) is 0 Å². The van der Waals surface area contributed by atoms with Gasteiger partial charge in [0.2, 0.25) is 5.78 Å². The quantitative estimate of drug-likeness (QED) is 0.802. The number of halogens is 1. The molecular formula is C14H13BrO3. The van der Waals surface area contributed by atoms with E-state index in [1.807, 2.05) is 13.8 Å². The fourth-order valence-corrected chi connectivity index (χ4v) is 2.16. The highest BCUT2D eigenvalue weighted by Crippen LogP contribution is 2.25. The third-order valence-corrected chi connectivity index (χ3v) is 3.12. The van der Waals surface area contributed by atoms with Crippen LogP contribution in [0.4, 0.5) is 0 Å². The van der Waals surface area contributed by atoms with Gasteiger partial charge in [-0.15, -0.1) is 0 Å². The molecule has 0 N–H and O–H groups in total. The molecule has 18 heavy (non-hydrogen) atoms. The van der Waals surface area contributed by atoms with Gasteiger partial charge in [0, 0.05) is 10.0 Å². The van der Waals surface area contributed by atoms with Gasteiger partial charge in [-0.25, -0.2) is 0 Å². The minimum absolute atomic E-state index is 0.141. The number of benzene rings is 1. The van der Waals surface area contributed by atoms with Crippen LogP contribution in [0, 0.1) is 6.92 Å². The molecule has 0 aliphatic rings. The molecule has 0 amide bonds. The maximum Gasteiger partial charge on any atom is 0.229 e. The first-order valence-electron chi connectivity index (χ1n) is 5.65. The zero-order valence-corrected chi connectivity index (χ0v) is 11.8. The number of aryl methyl sites for hydroxylation is 1. The summed E-state index contributed by atoms with van der Waals surface area (Å²) in [6, 6.07) is 8.75. The van der Waals surface area contributed by atoms with E-state index in [9.17, 15) is 4.79 Å². The predicted molar refractivity (Wildman–Crippen MR) is 72.2 cm³/mol. The Labute approximate surface area is 114 Å². The molecule has 0 saturated carbocycles. The van der Waals surface area contributed by atoms with E-state index < -0.39 is 0 Å². The summed E-state index contributed by atoms with van der Waals surface area (Å²) in [5.74, 6) is 1.66. The number of ketones is 1. The van der Waals surface area contributed by atoms with Gasteiger partial charge in [0.1, 0.15) is 11.5 Å². The van der Waals surface area contributed by atoms with Gasteiger partial charge in [-0.05, 0) is 60.1 Å². The Hall–Kier alpha value is -1.55. The van der Waals surface area contributed by atoms with Crippen LogP contribution in [-0.4, -0.2) is 12.4 Å². The fourth-order valence-electron chi connectivity index (χ4n) is 1.63. The summed E-state index contributed by atoms with van der Waals surface area (Å²) in [5.41, 5.74) is 0.563. The number of rotatable bonds is 4. The Bertz CT molecular complexity index is 572. The molecule has 0 radical (unpaired) electrons. The lowest BCUT2D eigenvalue weighted by molar-refractivity contribution is 0.101. The standard InChI is InChI=1S/C14H13BrO3/c1-3-17-10-5-6-11(12(15)8-10)14(16)13-7-4-9(2)18-13/h4-8H,3H2,1-2H3. The normalized spacial score (nSPS) is 10.4. The van der Waals surface area contributed by atoms with Gasteiger partial charge >= 0.3 is 0 Å². The Morgan fingerprint density at radius 3 is 2.67 bits per heavy atom. The number of hydrogen-bond donors (Lipinski definition) is 0. The van der Waals surface area contributed by atoms with Crippen molar-refractivity contribution in [2.24, 2.45) is 0 Å². The molecule has 2 aromatic rings. The first-order valence-corrected chi connectivity index (χ1v) is 6.44. The van der Waals surface area contributed by atoms with Crippen molar-refractivity contribution < 1.29 is 13.9 Å². The second kappa shape index (κ2) is 5.40. The molecule has 4 heteroatoms. The van der Waals surface area contributed by atoms with E-state index in [-0.39, 0.29) is 5.78 Å². The van der Waals surface area contributed by atoms with Crippen LogP contribution < -0.4 is 4.74 Å². The summed E-state index contributed by atoms with van der Waals surface area (Å²) >= 11 is 3.38. The van der Waals surface area contributed by atoms with Gasteiger partial charge in [-0.2, -0.15) is 0 Å². The maximum absolute atomic E-state index is 12.2. The second-order valence-corrected chi connectivity index (χ2v) is 4.67. The van der Waals surface area contributed by atoms with Gasteiger partial charge in [0.05, 0.1) is 6.61 Å². The lowest BCUT2D eigenvalue weighted by Gasteiger charge is -2.06. The fraction of sp³-hybridized carbons (Fsp3) is 0.214. The smallest absolute Gasteiger partial charge is 0.229 e. The number of ether oxygens (including phenoxy) is 1. The molecule has 0 bridgehead atoms. The highest BCUT2D eigenvalue weighted by Gasteiger charge is 2.16. The molecule has 1 heterocycles. The molecule has 0 aliphatic carbocycles. The lowest BCUT2D eigenvalue weighted by Crippen LogP contribution is -2.01. The summed E-state index contributed by atoms with van der Waals surface area (Å²) in [7, 11) is 0. The zero-order valence-electron chi connectivity index (χ0n) is 10.2. The molecule has 0 saturated heterocycles. The van der Waals surface area contributed by atoms with Crippen molar-refractivity contribution in [3.8, 4) is 5.75 Å². The molecule has 0 spiro atoms. The minimum atomic E-state index is -0.141. The van der Waals surface area contributed by atoms with Crippen LogP contribution in [0.1, 0.15) is 28.8 Å². The Morgan fingerprint density at radius 2 is 2.11 bits per heavy atom. The molecule has 0 fully saturated rings. The van der Waals surface area contributed by atoms with Crippen molar-refractivity contribution in [3.05, 3.63) is 51.9 Å². The molecule has 0 unspecified atom stereocenters. The highest BCUT2D eigenvalue weighted by molar-refractivity contribution is 9.10. The van der Waals surface area contributed by atoms with Crippen LogP contribution in [0.15, 0.2) is 39.2 Å². The molecule has 0 atom stereocenters. The van der Waals surface area contributed by atoms with Crippen molar-refractivity contribution in [1.29, 1.82) is 0 Å². The molecule has 1 aromatic heterocycles. The highest BCUT2D eigenvalue weighted by atomic mass is 79.9. The predicted octanol–water partition coefficient (Wildman–Crippen LogP) is 3.98. The van der Waals surface area contributed by atoms with Crippen molar-refractivity contribution in [3.63, 3.8) is 0 Å². The van der Waals surface area contributed by atoms with Crippen molar-refractivity contribution >= 4 is 21.7 Å². The van der Waals surface area contributed by atoms with Crippen LogP contribution in [0.2, 0.25) is 0 Å². The van der Waals surface area contributed by atoms with Crippen LogP contribution in [-0.2, 0) is 0 Å². The number of carbonyl (C=O) groups excluding carboxylic acids is 1. The van der Waals surface area contributed by atoms with E-state index in [2.05, 4.69) is 15.9 Å². The van der Waals surface area contributed by atoms with Gasteiger partial charge in [0.15, 0.2) is 5.76 Å². The van der Waals surface area contributed by atoms with E-state index in [0.29, 0.717) is 22.4 Å². The Kier molecular flexibility index (Phi) is 3.87. The van der Waals surface area contributed by atoms with Gasteiger partial charge in [-0.3, -0.25) is 4.79 Å². The number of carbonyl (C=O) groups is 1. The largest absolute Gasteiger partial charge is 0.494 e.